The fourth-order valence-electron chi connectivity index (χ4n) is 7.45. The molecule has 3 unspecified atom stereocenters. The van der Waals surface area contributed by atoms with E-state index in [1.807, 2.05) is 40.7 Å². The number of nitrogens with zero attached hydrogens (tertiary/aromatic N) is 3. The molecule has 3 aliphatic heterocycles. The van der Waals surface area contributed by atoms with E-state index in [1.165, 1.54) is 13.2 Å². The van der Waals surface area contributed by atoms with Gasteiger partial charge in [-0.3, -0.25) is 9.36 Å². The molecule has 6 heterocycles. The van der Waals surface area contributed by atoms with Crippen LogP contribution in [0.5, 0.6) is 5.75 Å². The summed E-state index contributed by atoms with van der Waals surface area (Å²) < 4.78 is 34.3. The zero-order valence-corrected chi connectivity index (χ0v) is 28.6. The standard InChI is InChI=1S/C36H35ClFN5O5S/c1-19-5-8-30(49-19)35-43-26-7-6-21(14-22(26)15-28(43)31-24(38)16-23(37)17-29(31)48-35)25-18-39-33(40-25)27-4-3-11-42(27)34(44)32(41-36(45)46-2)20-9-12-47-13-10-20/h5-8,14-18,20,27,32,35H,3-4,9-13H2,1-2H3,(H,39,40)(H,41,45). The van der Waals surface area contributed by atoms with Crippen molar-refractivity contribution >= 4 is 45.8 Å². The summed E-state index contributed by atoms with van der Waals surface area (Å²) in [6.45, 7) is 3.72. The molecule has 0 saturated carbocycles. The molecule has 0 spiro atoms. The van der Waals surface area contributed by atoms with Crippen molar-refractivity contribution in [1.29, 1.82) is 0 Å². The number of imidazole rings is 1. The highest BCUT2D eigenvalue weighted by molar-refractivity contribution is 7.12. The summed E-state index contributed by atoms with van der Waals surface area (Å²) in [6, 6.07) is 14.2. The number of likely N-dealkylation sites (tertiary alicyclic amines) is 1. The minimum Gasteiger partial charge on any atom is -0.464 e. The van der Waals surface area contributed by atoms with Crippen LogP contribution < -0.4 is 10.1 Å². The number of carbonyl (C=O) groups is 2. The van der Waals surface area contributed by atoms with E-state index in [-0.39, 0.29) is 22.9 Å². The molecule has 0 aliphatic carbocycles. The number of halogens is 2. The molecule has 5 aromatic rings. The number of nitrogens with one attached hydrogen (secondary N) is 2. The van der Waals surface area contributed by atoms with Crippen molar-refractivity contribution in [2.24, 2.45) is 5.92 Å². The van der Waals surface area contributed by atoms with Crippen LogP contribution in [0.2, 0.25) is 5.02 Å². The van der Waals surface area contributed by atoms with Crippen LogP contribution in [-0.2, 0) is 14.3 Å². The van der Waals surface area contributed by atoms with E-state index in [9.17, 15) is 9.59 Å². The SMILES string of the molecule is COC(=O)NC(C(=O)N1CCCC1c1ncc(-c2ccc3c(c2)cc2n3C(c3ccc(C)s3)Oc3cc(Cl)cc(F)c3-2)[nH]1)C1CCOCC1. The number of H-pyrrole nitrogens is 1. The molecule has 3 aliphatic rings. The molecule has 2 fully saturated rings. The number of benzene rings is 2. The number of ether oxygens (including phenoxy) is 3. The zero-order valence-electron chi connectivity index (χ0n) is 27.0. The molecule has 2 N–H and O–H groups in total. The second-order valence-electron chi connectivity index (χ2n) is 12.8. The monoisotopic (exact) mass is 703 g/mol. The molecule has 13 heteroatoms. The maximum Gasteiger partial charge on any atom is 0.407 e. The fraction of sp³-hybridized carbons (Fsp3) is 0.361. The van der Waals surface area contributed by atoms with Crippen LogP contribution in [-0.4, -0.2) is 64.3 Å². The normalized spacial score (nSPS) is 19.7. The first-order valence-electron chi connectivity index (χ1n) is 16.4. The van der Waals surface area contributed by atoms with Gasteiger partial charge in [0.15, 0.2) is 0 Å². The number of hydrogen-bond acceptors (Lipinski definition) is 7. The predicted molar refractivity (Wildman–Crippen MR) is 184 cm³/mol. The predicted octanol–water partition coefficient (Wildman–Crippen LogP) is 7.61. The van der Waals surface area contributed by atoms with Gasteiger partial charge in [-0.25, -0.2) is 14.2 Å². The smallest absolute Gasteiger partial charge is 0.407 e. The van der Waals surface area contributed by atoms with Crippen LogP contribution in [0.3, 0.4) is 0 Å². The molecule has 2 amide bonds. The minimum absolute atomic E-state index is 0.0417. The Kier molecular flexibility index (Phi) is 8.33. The maximum atomic E-state index is 15.4. The van der Waals surface area contributed by atoms with E-state index in [0.29, 0.717) is 55.4 Å². The Labute approximate surface area is 291 Å². The van der Waals surface area contributed by atoms with Crippen molar-refractivity contribution in [3.05, 3.63) is 81.1 Å². The topological polar surface area (TPSA) is 111 Å². The number of aromatic amines is 1. The summed E-state index contributed by atoms with van der Waals surface area (Å²) in [4.78, 5) is 38.4. The number of methoxy groups -OCH3 is 1. The highest BCUT2D eigenvalue weighted by atomic mass is 35.5. The van der Waals surface area contributed by atoms with Gasteiger partial charge in [0.1, 0.15) is 23.4 Å². The van der Waals surface area contributed by atoms with Crippen molar-refractivity contribution in [2.45, 2.75) is 50.9 Å². The number of fused-ring (bicyclic) bond motifs is 5. The van der Waals surface area contributed by atoms with Gasteiger partial charge in [0.2, 0.25) is 12.1 Å². The largest absolute Gasteiger partial charge is 0.464 e. The highest BCUT2D eigenvalue weighted by Crippen LogP contribution is 2.47. The van der Waals surface area contributed by atoms with Gasteiger partial charge in [-0.1, -0.05) is 17.7 Å². The lowest BCUT2D eigenvalue weighted by Crippen LogP contribution is -2.53. The van der Waals surface area contributed by atoms with Crippen molar-refractivity contribution in [3.63, 3.8) is 0 Å². The first-order valence-corrected chi connectivity index (χ1v) is 17.6. The van der Waals surface area contributed by atoms with E-state index >= 15 is 4.39 Å². The summed E-state index contributed by atoms with van der Waals surface area (Å²) in [5.41, 5.74) is 3.69. The summed E-state index contributed by atoms with van der Waals surface area (Å²) in [5, 5.41) is 4.00. The Morgan fingerprint density at radius 1 is 1.14 bits per heavy atom. The molecule has 10 nitrogen and oxygen atoms in total. The van der Waals surface area contributed by atoms with Gasteiger partial charge in [-0.2, -0.15) is 0 Å². The van der Waals surface area contributed by atoms with Gasteiger partial charge >= 0.3 is 6.09 Å². The third-order valence-electron chi connectivity index (χ3n) is 9.81. The number of hydrogen-bond donors (Lipinski definition) is 2. The molecule has 2 aromatic carbocycles. The number of aromatic nitrogens is 3. The van der Waals surface area contributed by atoms with Crippen LogP contribution in [0.4, 0.5) is 9.18 Å². The third kappa shape index (κ3) is 5.75. The summed E-state index contributed by atoms with van der Waals surface area (Å²) in [6.07, 6.45) is 3.62. The second kappa shape index (κ2) is 12.8. The van der Waals surface area contributed by atoms with Crippen molar-refractivity contribution in [2.75, 3.05) is 26.9 Å². The first kappa shape index (κ1) is 31.9. The lowest BCUT2D eigenvalue weighted by Gasteiger charge is -2.34. The van der Waals surface area contributed by atoms with E-state index in [0.717, 1.165) is 44.8 Å². The Bertz CT molecular complexity index is 2070. The molecular weight excluding hydrogens is 669 g/mol. The Balaban J connectivity index is 1.11. The van der Waals surface area contributed by atoms with Gasteiger partial charge in [-0.05, 0) is 81.0 Å². The lowest BCUT2D eigenvalue weighted by atomic mass is 9.90. The molecule has 0 bridgehead atoms. The molecule has 3 aromatic heterocycles. The minimum atomic E-state index is -0.702. The number of aryl methyl sites for hydroxylation is 1. The van der Waals surface area contributed by atoms with E-state index in [4.69, 9.17) is 30.8 Å². The molecule has 8 rings (SSSR count). The van der Waals surface area contributed by atoms with Crippen molar-refractivity contribution in [1.82, 2.24) is 24.8 Å². The molecule has 2 saturated heterocycles. The average Bonchev–Trinajstić information content (AvgIpc) is 3.92. The van der Waals surface area contributed by atoms with Crippen molar-refractivity contribution < 1.29 is 28.2 Å². The van der Waals surface area contributed by atoms with Crippen LogP contribution in [0.25, 0.3) is 33.4 Å². The Hall–Kier alpha value is -4.39. The Morgan fingerprint density at radius 2 is 1.98 bits per heavy atom. The van der Waals surface area contributed by atoms with E-state index in [1.54, 1.807) is 23.6 Å². The van der Waals surface area contributed by atoms with Gasteiger partial charge in [0.25, 0.3) is 0 Å². The molecule has 0 radical (unpaired) electrons. The second-order valence-corrected chi connectivity index (χ2v) is 14.5. The number of thiophene rings is 1. The number of alkyl carbamates (subject to hydrolysis) is 1. The van der Waals surface area contributed by atoms with Gasteiger partial charge in [0.05, 0.1) is 46.7 Å². The maximum absolute atomic E-state index is 15.4. The zero-order chi connectivity index (χ0) is 33.8. The van der Waals surface area contributed by atoms with Gasteiger partial charge < -0.3 is 29.4 Å². The number of carbonyl (C=O) groups excluding carboxylic acids is 2. The van der Waals surface area contributed by atoms with E-state index < -0.39 is 24.2 Å². The van der Waals surface area contributed by atoms with Crippen molar-refractivity contribution in [3.8, 4) is 28.3 Å². The van der Waals surface area contributed by atoms with Crippen LogP contribution in [0.1, 0.15) is 53.5 Å². The highest BCUT2D eigenvalue weighted by Gasteiger charge is 2.40. The van der Waals surface area contributed by atoms with Crippen LogP contribution in [0.15, 0.2) is 54.7 Å². The first-order chi connectivity index (χ1) is 23.8. The molecule has 3 atom stereocenters. The number of rotatable bonds is 6. The van der Waals surface area contributed by atoms with Crippen LogP contribution in [0, 0.1) is 18.7 Å². The molecule has 254 valence electrons. The quantitative estimate of drug-likeness (QED) is 0.188. The Morgan fingerprint density at radius 3 is 2.76 bits per heavy atom. The molecular formula is C36H35ClFN5O5S. The third-order valence-corrected chi connectivity index (χ3v) is 11.1. The molecule has 49 heavy (non-hydrogen) atoms. The van der Waals surface area contributed by atoms with Crippen LogP contribution >= 0.6 is 22.9 Å². The summed E-state index contributed by atoms with van der Waals surface area (Å²) >= 11 is 7.88. The van der Waals surface area contributed by atoms with Gasteiger partial charge in [-0.15, -0.1) is 11.3 Å². The fourth-order valence-corrected chi connectivity index (χ4v) is 8.54. The number of amides is 2. The summed E-state index contributed by atoms with van der Waals surface area (Å²) in [7, 11) is 1.30. The average molecular weight is 704 g/mol. The van der Waals surface area contributed by atoms with Gasteiger partial charge in [0, 0.05) is 40.6 Å². The van der Waals surface area contributed by atoms with E-state index in [2.05, 4.69) is 22.4 Å². The lowest BCUT2D eigenvalue weighted by molar-refractivity contribution is -0.136. The summed E-state index contributed by atoms with van der Waals surface area (Å²) in [5.74, 6) is 0.481.